The topological polar surface area (TPSA) is 58.2 Å². The lowest BCUT2D eigenvalue weighted by Crippen LogP contribution is -2.26. The smallest absolute Gasteiger partial charge is 0.237 e. The molecule has 142 valence electrons. The van der Waals surface area contributed by atoms with Crippen molar-refractivity contribution >= 4 is 35.0 Å². The van der Waals surface area contributed by atoms with Crippen LogP contribution in [0.5, 0.6) is 0 Å². The Bertz CT molecular complexity index is 818. The first kappa shape index (κ1) is 19.5. The summed E-state index contributed by atoms with van der Waals surface area (Å²) in [5, 5.41) is 5.62. The standard InChI is InChI=1S/C22H26N2O2S/c1-15-10-12-18(13-11-15)23-21(25)14-27-16(2)22(26)24-20-9-5-7-17-6-3-4-8-19(17)20/h5,7,9-13,16H,3-4,6,8,14H2,1-2H3,(H,23,25)(H,24,26). The molecule has 0 spiro atoms. The highest BCUT2D eigenvalue weighted by Crippen LogP contribution is 2.28. The number of hydrogen-bond donors (Lipinski definition) is 2. The van der Waals surface area contributed by atoms with E-state index in [1.807, 2.05) is 50.2 Å². The van der Waals surface area contributed by atoms with Crippen LogP contribution in [-0.4, -0.2) is 22.8 Å². The van der Waals surface area contributed by atoms with Gasteiger partial charge in [-0.25, -0.2) is 0 Å². The molecule has 2 amide bonds. The molecule has 0 fully saturated rings. The number of hydrogen-bond acceptors (Lipinski definition) is 3. The Balaban J connectivity index is 1.51. The number of carbonyl (C=O) groups excluding carboxylic acids is 2. The van der Waals surface area contributed by atoms with E-state index in [-0.39, 0.29) is 22.8 Å². The van der Waals surface area contributed by atoms with Gasteiger partial charge >= 0.3 is 0 Å². The van der Waals surface area contributed by atoms with Crippen molar-refractivity contribution in [3.63, 3.8) is 0 Å². The predicted octanol–water partition coefficient (Wildman–Crippen LogP) is 4.57. The Morgan fingerprint density at radius 2 is 1.78 bits per heavy atom. The number of aryl methyl sites for hydroxylation is 2. The second-order valence-corrected chi connectivity index (χ2v) is 8.34. The highest BCUT2D eigenvalue weighted by Gasteiger charge is 2.19. The second-order valence-electron chi connectivity index (χ2n) is 7.01. The average Bonchev–Trinajstić information content (AvgIpc) is 2.68. The molecule has 1 unspecified atom stereocenters. The molecule has 0 aromatic heterocycles. The quantitative estimate of drug-likeness (QED) is 0.769. The molecule has 3 rings (SSSR count). The number of anilines is 2. The van der Waals surface area contributed by atoms with Crippen molar-refractivity contribution in [2.24, 2.45) is 0 Å². The highest BCUT2D eigenvalue weighted by atomic mass is 32.2. The lowest BCUT2D eigenvalue weighted by molar-refractivity contribution is -0.115. The summed E-state index contributed by atoms with van der Waals surface area (Å²) in [4.78, 5) is 24.7. The van der Waals surface area contributed by atoms with E-state index in [2.05, 4.69) is 16.7 Å². The van der Waals surface area contributed by atoms with Crippen LogP contribution in [-0.2, 0) is 22.4 Å². The first-order chi connectivity index (χ1) is 13.0. The van der Waals surface area contributed by atoms with Crippen LogP contribution >= 0.6 is 11.8 Å². The van der Waals surface area contributed by atoms with E-state index >= 15 is 0 Å². The molecule has 0 radical (unpaired) electrons. The minimum Gasteiger partial charge on any atom is -0.325 e. The zero-order chi connectivity index (χ0) is 19.2. The fourth-order valence-corrected chi connectivity index (χ4v) is 3.93. The lowest BCUT2D eigenvalue weighted by Gasteiger charge is -2.20. The number of rotatable bonds is 6. The van der Waals surface area contributed by atoms with Crippen LogP contribution in [0.1, 0.15) is 36.5 Å². The summed E-state index contributed by atoms with van der Waals surface area (Å²) in [7, 11) is 0. The van der Waals surface area contributed by atoms with Crippen LogP contribution in [0.3, 0.4) is 0 Å². The average molecular weight is 383 g/mol. The zero-order valence-electron chi connectivity index (χ0n) is 15.9. The van der Waals surface area contributed by atoms with Gasteiger partial charge < -0.3 is 10.6 Å². The minimum atomic E-state index is -0.298. The van der Waals surface area contributed by atoms with Crippen LogP contribution in [0.4, 0.5) is 11.4 Å². The van der Waals surface area contributed by atoms with Crippen LogP contribution in [0.2, 0.25) is 0 Å². The Morgan fingerprint density at radius 1 is 1.04 bits per heavy atom. The molecule has 1 aliphatic carbocycles. The van der Waals surface area contributed by atoms with Gasteiger partial charge in [-0.1, -0.05) is 29.8 Å². The van der Waals surface area contributed by atoms with Crippen LogP contribution in [0.15, 0.2) is 42.5 Å². The number of nitrogens with one attached hydrogen (secondary N) is 2. The molecule has 0 saturated heterocycles. The summed E-state index contributed by atoms with van der Waals surface area (Å²) in [6.07, 6.45) is 4.49. The van der Waals surface area contributed by atoms with Crippen molar-refractivity contribution in [2.45, 2.75) is 44.8 Å². The largest absolute Gasteiger partial charge is 0.325 e. The van der Waals surface area contributed by atoms with E-state index in [0.29, 0.717) is 0 Å². The van der Waals surface area contributed by atoms with Gasteiger partial charge in [0.25, 0.3) is 0 Å². The number of benzene rings is 2. The zero-order valence-corrected chi connectivity index (χ0v) is 16.7. The maximum Gasteiger partial charge on any atom is 0.237 e. The van der Waals surface area contributed by atoms with Gasteiger partial charge in [0.1, 0.15) is 0 Å². The van der Waals surface area contributed by atoms with E-state index in [9.17, 15) is 9.59 Å². The molecule has 0 saturated carbocycles. The molecule has 4 nitrogen and oxygen atoms in total. The Kier molecular flexibility index (Phi) is 6.56. The molecule has 0 bridgehead atoms. The molecule has 0 heterocycles. The predicted molar refractivity (Wildman–Crippen MR) is 113 cm³/mol. The monoisotopic (exact) mass is 382 g/mol. The van der Waals surface area contributed by atoms with Crippen molar-refractivity contribution in [1.29, 1.82) is 0 Å². The van der Waals surface area contributed by atoms with Gasteiger partial charge in [0.15, 0.2) is 0 Å². The molecule has 0 aliphatic heterocycles. The van der Waals surface area contributed by atoms with E-state index in [4.69, 9.17) is 0 Å². The number of carbonyl (C=O) groups is 2. The summed E-state index contributed by atoms with van der Waals surface area (Å²) in [6, 6.07) is 13.8. The molecule has 2 aromatic rings. The molecule has 1 atom stereocenters. The number of thioether (sulfide) groups is 1. The molecule has 5 heteroatoms. The summed E-state index contributed by atoms with van der Waals surface area (Å²) in [5.74, 6) is 0.0951. The Labute approximate surface area is 165 Å². The Hall–Kier alpha value is -2.27. The van der Waals surface area contributed by atoms with Gasteiger partial charge in [0, 0.05) is 11.4 Å². The van der Waals surface area contributed by atoms with Gasteiger partial charge in [-0.05, 0) is 68.9 Å². The SMILES string of the molecule is Cc1ccc(NC(=O)CSC(C)C(=O)Nc2cccc3c2CCCC3)cc1. The summed E-state index contributed by atoms with van der Waals surface area (Å²) < 4.78 is 0. The first-order valence-corrected chi connectivity index (χ1v) is 10.5. The van der Waals surface area contributed by atoms with Gasteiger partial charge in [0.05, 0.1) is 11.0 Å². The van der Waals surface area contributed by atoms with Gasteiger partial charge in [-0.15, -0.1) is 11.8 Å². The lowest BCUT2D eigenvalue weighted by atomic mass is 9.90. The van der Waals surface area contributed by atoms with Crippen molar-refractivity contribution in [3.8, 4) is 0 Å². The minimum absolute atomic E-state index is 0.0536. The van der Waals surface area contributed by atoms with Crippen molar-refractivity contribution < 1.29 is 9.59 Å². The van der Waals surface area contributed by atoms with Gasteiger partial charge in [-0.3, -0.25) is 9.59 Å². The maximum atomic E-state index is 12.5. The molecular weight excluding hydrogens is 356 g/mol. The first-order valence-electron chi connectivity index (χ1n) is 9.42. The van der Waals surface area contributed by atoms with Crippen LogP contribution in [0.25, 0.3) is 0 Å². The molecular formula is C22H26N2O2S. The third-order valence-electron chi connectivity index (χ3n) is 4.82. The normalized spacial score (nSPS) is 14.1. The molecule has 2 N–H and O–H groups in total. The molecule has 27 heavy (non-hydrogen) atoms. The maximum absolute atomic E-state index is 12.5. The van der Waals surface area contributed by atoms with Crippen LogP contribution < -0.4 is 10.6 Å². The molecule has 2 aromatic carbocycles. The summed E-state index contributed by atoms with van der Waals surface area (Å²) in [6.45, 7) is 3.85. The fourth-order valence-electron chi connectivity index (χ4n) is 3.24. The number of amides is 2. The molecule has 1 aliphatic rings. The van der Waals surface area contributed by atoms with Crippen molar-refractivity contribution in [2.75, 3.05) is 16.4 Å². The van der Waals surface area contributed by atoms with E-state index in [0.717, 1.165) is 29.8 Å². The fraction of sp³-hybridized carbons (Fsp3) is 0.364. The third kappa shape index (κ3) is 5.36. The van der Waals surface area contributed by atoms with E-state index < -0.39 is 0 Å². The third-order valence-corrected chi connectivity index (χ3v) is 5.97. The number of fused-ring (bicyclic) bond motifs is 1. The second kappa shape index (κ2) is 9.09. The highest BCUT2D eigenvalue weighted by molar-refractivity contribution is 8.01. The van der Waals surface area contributed by atoms with Crippen molar-refractivity contribution in [3.05, 3.63) is 59.2 Å². The van der Waals surface area contributed by atoms with Gasteiger partial charge in [-0.2, -0.15) is 0 Å². The Morgan fingerprint density at radius 3 is 2.56 bits per heavy atom. The van der Waals surface area contributed by atoms with E-state index in [1.165, 1.54) is 35.7 Å². The summed E-state index contributed by atoms with van der Waals surface area (Å²) in [5.41, 5.74) is 5.46. The van der Waals surface area contributed by atoms with Crippen molar-refractivity contribution in [1.82, 2.24) is 0 Å². The van der Waals surface area contributed by atoms with Crippen LogP contribution in [0, 0.1) is 6.92 Å². The summed E-state index contributed by atoms with van der Waals surface area (Å²) >= 11 is 1.35. The van der Waals surface area contributed by atoms with E-state index in [1.54, 1.807) is 0 Å². The van der Waals surface area contributed by atoms with Gasteiger partial charge in [0.2, 0.25) is 11.8 Å².